The van der Waals surface area contributed by atoms with E-state index in [0.717, 1.165) is 10.6 Å². The molecule has 0 radical (unpaired) electrons. The lowest BCUT2D eigenvalue weighted by atomic mass is 10.3. The van der Waals surface area contributed by atoms with Gasteiger partial charge in [-0.1, -0.05) is 0 Å². The van der Waals surface area contributed by atoms with Crippen molar-refractivity contribution in [3.05, 3.63) is 35.6 Å². The van der Waals surface area contributed by atoms with Crippen molar-refractivity contribution in [3.8, 4) is 10.6 Å². The van der Waals surface area contributed by atoms with E-state index in [4.69, 9.17) is 4.74 Å². The summed E-state index contributed by atoms with van der Waals surface area (Å²) in [5, 5.41) is 5.39. The Hall–Kier alpha value is -2.28. The molecule has 2 aromatic heterocycles. The Labute approximate surface area is 138 Å². The molecule has 0 unspecified atom stereocenters. The second kappa shape index (κ2) is 8.38. The second-order valence-corrected chi connectivity index (χ2v) is 6.06. The first-order valence-corrected chi connectivity index (χ1v) is 8.23. The highest BCUT2D eigenvalue weighted by atomic mass is 32.1. The topological polar surface area (TPSA) is 81.2 Å². The van der Waals surface area contributed by atoms with Crippen LogP contribution in [0.25, 0.3) is 10.6 Å². The number of hydrogen-bond acceptors (Lipinski definition) is 6. The van der Waals surface area contributed by atoms with Crippen LogP contribution in [-0.2, 0) is 20.7 Å². The molecule has 0 aliphatic heterocycles. The fourth-order valence-electron chi connectivity index (χ4n) is 1.86. The lowest BCUT2D eigenvalue weighted by molar-refractivity contribution is -0.147. The lowest BCUT2D eigenvalue weighted by Crippen LogP contribution is -2.28. The molecule has 0 aromatic carbocycles. The maximum Gasteiger partial charge on any atom is 0.307 e. The van der Waals surface area contributed by atoms with E-state index in [2.05, 4.69) is 15.3 Å². The molecule has 122 valence electrons. The van der Waals surface area contributed by atoms with Gasteiger partial charge in [0.1, 0.15) is 5.01 Å². The van der Waals surface area contributed by atoms with Crippen LogP contribution in [0.1, 0.15) is 26.0 Å². The van der Waals surface area contributed by atoms with Crippen molar-refractivity contribution in [2.45, 2.75) is 32.8 Å². The number of ether oxygens (including phenoxy) is 1. The SMILES string of the molecule is CC(C)OC(=O)CCNC(=O)Cc1csc(-c2cccnc2)n1. The summed E-state index contributed by atoms with van der Waals surface area (Å²) < 4.78 is 5.00. The third kappa shape index (κ3) is 5.78. The van der Waals surface area contributed by atoms with Crippen molar-refractivity contribution < 1.29 is 14.3 Å². The Balaban J connectivity index is 1.78. The standard InChI is InChI=1S/C16H19N3O3S/c1-11(2)22-15(21)5-7-18-14(20)8-13-10-23-16(19-13)12-4-3-6-17-9-12/h3-4,6,9-11H,5,7-8H2,1-2H3,(H,18,20). The van der Waals surface area contributed by atoms with Gasteiger partial charge in [-0.15, -0.1) is 11.3 Å². The van der Waals surface area contributed by atoms with Crippen molar-refractivity contribution in [2.24, 2.45) is 0 Å². The maximum atomic E-state index is 11.9. The molecular weight excluding hydrogens is 314 g/mol. The molecule has 0 bridgehead atoms. The first kappa shape index (κ1) is 17.1. The zero-order chi connectivity index (χ0) is 16.7. The van der Waals surface area contributed by atoms with Crippen LogP contribution in [0.5, 0.6) is 0 Å². The summed E-state index contributed by atoms with van der Waals surface area (Å²) in [6, 6.07) is 3.77. The number of carbonyl (C=O) groups is 2. The van der Waals surface area contributed by atoms with Crippen LogP contribution in [0.15, 0.2) is 29.9 Å². The molecule has 0 aliphatic carbocycles. The summed E-state index contributed by atoms with van der Waals surface area (Å²) in [6.07, 6.45) is 3.66. The third-order valence-electron chi connectivity index (χ3n) is 2.82. The molecule has 0 saturated heterocycles. The molecule has 2 rings (SSSR count). The van der Waals surface area contributed by atoms with Crippen molar-refractivity contribution in [3.63, 3.8) is 0 Å². The molecule has 1 N–H and O–H groups in total. The molecule has 6 nitrogen and oxygen atoms in total. The van der Waals surface area contributed by atoms with Crippen molar-refractivity contribution >= 4 is 23.2 Å². The number of nitrogens with one attached hydrogen (secondary N) is 1. The normalized spacial score (nSPS) is 10.6. The highest BCUT2D eigenvalue weighted by Crippen LogP contribution is 2.22. The average Bonchev–Trinajstić information content (AvgIpc) is 2.95. The minimum atomic E-state index is -0.312. The first-order chi connectivity index (χ1) is 11.0. The predicted molar refractivity (Wildman–Crippen MR) is 87.9 cm³/mol. The molecule has 0 spiro atoms. The molecule has 2 aromatic rings. The summed E-state index contributed by atoms with van der Waals surface area (Å²) >= 11 is 1.47. The van der Waals surface area contributed by atoms with Gasteiger partial charge in [-0.05, 0) is 26.0 Å². The molecule has 0 aliphatic rings. The molecule has 2 heterocycles. The van der Waals surface area contributed by atoms with E-state index >= 15 is 0 Å². The number of pyridine rings is 1. The minimum Gasteiger partial charge on any atom is -0.463 e. The Bertz CT molecular complexity index is 656. The zero-order valence-electron chi connectivity index (χ0n) is 13.1. The van der Waals surface area contributed by atoms with Gasteiger partial charge in [-0.3, -0.25) is 14.6 Å². The molecule has 0 atom stereocenters. The maximum absolute atomic E-state index is 11.9. The number of hydrogen-bond donors (Lipinski definition) is 1. The number of thiazole rings is 1. The fourth-order valence-corrected chi connectivity index (χ4v) is 2.67. The first-order valence-electron chi connectivity index (χ1n) is 7.35. The van der Waals surface area contributed by atoms with E-state index in [0.29, 0.717) is 5.69 Å². The average molecular weight is 333 g/mol. The van der Waals surface area contributed by atoms with Crippen molar-refractivity contribution in [1.82, 2.24) is 15.3 Å². The van der Waals surface area contributed by atoms with Gasteiger partial charge in [0, 0.05) is 29.9 Å². The molecule has 23 heavy (non-hydrogen) atoms. The van der Waals surface area contributed by atoms with E-state index in [9.17, 15) is 9.59 Å². The highest BCUT2D eigenvalue weighted by molar-refractivity contribution is 7.13. The molecular formula is C16H19N3O3S. The third-order valence-corrected chi connectivity index (χ3v) is 3.76. The van der Waals surface area contributed by atoms with Gasteiger partial charge >= 0.3 is 5.97 Å². The summed E-state index contributed by atoms with van der Waals surface area (Å²) in [7, 11) is 0. The summed E-state index contributed by atoms with van der Waals surface area (Å²) in [5.74, 6) is -0.474. The van der Waals surface area contributed by atoms with Gasteiger partial charge in [-0.2, -0.15) is 0 Å². The smallest absolute Gasteiger partial charge is 0.307 e. The van der Waals surface area contributed by atoms with E-state index in [1.807, 2.05) is 17.5 Å². The van der Waals surface area contributed by atoms with E-state index in [1.54, 1.807) is 26.2 Å². The van der Waals surface area contributed by atoms with Crippen LogP contribution in [-0.4, -0.2) is 34.5 Å². The van der Waals surface area contributed by atoms with Crippen LogP contribution < -0.4 is 5.32 Å². The summed E-state index contributed by atoms with van der Waals surface area (Å²) in [5.41, 5.74) is 1.64. The van der Waals surface area contributed by atoms with Crippen molar-refractivity contribution in [1.29, 1.82) is 0 Å². The number of aromatic nitrogens is 2. The summed E-state index contributed by atoms with van der Waals surface area (Å²) in [6.45, 7) is 3.85. The molecule has 1 amide bonds. The van der Waals surface area contributed by atoms with Gasteiger partial charge in [0.15, 0.2) is 0 Å². The number of carbonyl (C=O) groups excluding carboxylic acids is 2. The predicted octanol–water partition coefficient (Wildman–Crippen LogP) is 2.21. The number of amides is 1. The highest BCUT2D eigenvalue weighted by Gasteiger charge is 2.10. The monoisotopic (exact) mass is 333 g/mol. The molecule has 0 fully saturated rings. The molecule has 7 heteroatoms. The van der Waals surface area contributed by atoms with E-state index in [1.165, 1.54) is 11.3 Å². The van der Waals surface area contributed by atoms with Gasteiger partial charge in [0.05, 0.1) is 24.6 Å². The Morgan fingerprint density at radius 3 is 2.91 bits per heavy atom. The second-order valence-electron chi connectivity index (χ2n) is 5.20. The quantitative estimate of drug-likeness (QED) is 0.786. The van der Waals surface area contributed by atoms with E-state index < -0.39 is 0 Å². The lowest BCUT2D eigenvalue weighted by Gasteiger charge is -2.08. The number of esters is 1. The van der Waals surface area contributed by atoms with Crippen LogP contribution in [0.4, 0.5) is 0 Å². The van der Waals surface area contributed by atoms with Crippen LogP contribution in [0, 0.1) is 0 Å². The number of nitrogens with zero attached hydrogens (tertiary/aromatic N) is 2. The van der Waals surface area contributed by atoms with E-state index in [-0.39, 0.29) is 37.4 Å². The van der Waals surface area contributed by atoms with Gasteiger partial charge in [0.2, 0.25) is 5.91 Å². The van der Waals surface area contributed by atoms with Crippen LogP contribution >= 0.6 is 11.3 Å². The largest absolute Gasteiger partial charge is 0.463 e. The summed E-state index contributed by atoms with van der Waals surface area (Å²) in [4.78, 5) is 31.7. The molecule has 0 saturated carbocycles. The van der Waals surface area contributed by atoms with Crippen molar-refractivity contribution in [2.75, 3.05) is 6.54 Å². The Kier molecular flexibility index (Phi) is 6.22. The van der Waals surface area contributed by atoms with Crippen LogP contribution in [0.2, 0.25) is 0 Å². The Morgan fingerprint density at radius 2 is 2.22 bits per heavy atom. The van der Waals surface area contributed by atoms with Gasteiger partial charge < -0.3 is 10.1 Å². The zero-order valence-corrected chi connectivity index (χ0v) is 13.9. The Morgan fingerprint density at radius 1 is 1.39 bits per heavy atom. The van der Waals surface area contributed by atoms with Gasteiger partial charge in [0.25, 0.3) is 0 Å². The fraction of sp³-hybridized carbons (Fsp3) is 0.375. The minimum absolute atomic E-state index is 0.140. The van der Waals surface area contributed by atoms with Gasteiger partial charge in [-0.25, -0.2) is 4.98 Å². The number of rotatable bonds is 7. The van der Waals surface area contributed by atoms with Crippen LogP contribution in [0.3, 0.4) is 0 Å².